The molecule has 0 bridgehead atoms. The third-order valence-electron chi connectivity index (χ3n) is 2.59. The van der Waals surface area contributed by atoms with E-state index in [0.717, 1.165) is 5.57 Å². The molecule has 1 rings (SSSR count). The summed E-state index contributed by atoms with van der Waals surface area (Å²) in [6.07, 6.45) is 0. The fourth-order valence-corrected chi connectivity index (χ4v) is 1.62. The van der Waals surface area contributed by atoms with Gasteiger partial charge in [0.1, 0.15) is 5.69 Å². The van der Waals surface area contributed by atoms with E-state index in [1.165, 1.54) is 25.2 Å². The highest BCUT2D eigenvalue weighted by molar-refractivity contribution is 5.95. The molecule has 114 valence electrons. The molecule has 0 aliphatic carbocycles. The van der Waals surface area contributed by atoms with E-state index in [2.05, 4.69) is 17.2 Å². The molecule has 1 aromatic carbocycles. The van der Waals surface area contributed by atoms with Crippen LogP contribution in [0, 0.1) is 10.1 Å². The molecule has 7 nitrogen and oxygen atoms in total. The van der Waals surface area contributed by atoms with E-state index in [0.29, 0.717) is 25.4 Å². The van der Waals surface area contributed by atoms with Gasteiger partial charge in [-0.1, -0.05) is 12.2 Å². The first-order chi connectivity index (χ1) is 9.95. The van der Waals surface area contributed by atoms with Gasteiger partial charge in [0.2, 0.25) is 0 Å². The third-order valence-corrected chi connectivity index (χ3v) is 2.59. The number of benzene rings is 1. The first-order valence-corrected chi connectivity index (χ1v) is 6.42. The largest absolute Gasteiger partial charge is 0.377 e. The summed E-state index contributed by atoms with van der Waals surface area (Å²) in [5, 5.41) is 16.4. The predicted octanol–water partition coefficient (Wildman–Crippen LogP) is 1.96. The number of carbonyl (C=O) groups excluding carboxylic acids is 1. The predicted molar refractivity (Wildman–Crippen MR) is 80.6 cm³/mol. The average Bonchev–Trinajstić information content (AvgIpc) is 2.45. The maximum absolute atomic E-state index is 11.5. The van der Waals surface area contributed by atoms with Gasteiger partial charge in [0.15, 0.2) is 0 Å². The van der Waals surface area contributed by atoms with E-state index in [4.69, 9.17) is 4.74 Å². The smallest absolute Gasteiger partial charge is 0.293 e. The van der Waals surface area contributed by atoms with E-state index in [1.807, 2.05) is 6.92 Å². The molecular formula is C14H19N3O4. The molecule has 0 aliphatic heterocycles. The third kappa shape index (κ3) is 5.23. The number of nitro benzene ring substituents is 1. The van der Waals surface area contributed by atoms with E-state index < -0.39 is 4.92 Å². The molecule has 1 amide bonds. The monoisotopic (exact) mass is 293 g/mol. The van der Waals surface area contributed by atoms with Gasteiger partial charge in [0, 0.05) is 25.2 Å². The minimum atomic E-state index is -0.524. The van der Waals surface area contributed by atoms with Crippen LogP contribution in [0.4, 0.5) is 11.4 Å². The lowest BCUT2D eigenvalue weighted by Gasteiger charge is -2.09. The lowest BCUT2D eigenvalue weighted by Crippen LogP contribution is -2.18. The number of rotatable bonds is 8. The number of hydrogen-bond donors (Lipinski definition) is 2. The normalized spacial score (nSPS) is 10.0. The van der Waals surface area contributed by atoms with Crippen molar-refractivity contribution in [1.82, 2.24) is 5.32 Å². The minimum Gasteiger partial charge on any atom is -0.377 e. The van der Waals surface area contributed by atoms with Crippen LogP contribution >= 0.6 is 0 Å². The molecule has 0 saturated heterocycles. The highest BCUT2D eigenvalue weighted by atomic mass is 16.6. The van der Waals surface area contributed by atoms with Crippen molar-refractivity contribution in [1.29, 1.82) is 0 Å². The summed E-state index contributed by atoms with van der Waals surface area (Å²) >= 11 is 0. The van der Waals surface area contributed by atoms with Gasteiger partial charge in [0.25, 0.3) is 11.6 Å². The van der Waals surface area contributed by atoms with Crippen LogP contribution in [0.25, 0.3) is 0 Å². The van der Waals surface area contributed by atoms with Gasteiger partial charge in [0.05, 0.1) is 18.1 Å². The molecule has 0 saturated carbocycles. The minimum absolute atomic E-state index is 0.143. The molecule has 0 heterocycles. The van der Waals surface area contributed by atoms with Crippen LogP contribution in [0.15, 0.2) is 30.4 Å². The fraction of sp³-hybridized carbons (Fsp3) is 0.357. The van der Waals surface area contributed by atoms with Gasteiger partial charge in [-0.05, 0) is 19.1 Å². The second-order valence-electron chi connectivity index (χ2n) is 4.50. The first-order valence-electron chi connectivity index (χ1n) is 6.42. The van der Waals surface area contributed by atoms with Gasteiger partial charge >= 0.3 is 0 Å². The Morgan fingerprint density at radius 1 is 1.48 bits per heavy atom. The maximum atomic E-state index is 11.5. The average molecular weight is 293 g/mol. The van der Waals surface area contributed by atoms with E-state index in [1.54, 1.807) is 0 Å². The van der Waals surface area contributed by atoms with Crippen LogP contribution in [0.5, 0.6) is 0 Å². The van der Waals surface area contributed by atoms with E-state index in [9.17, 15) is 14.9 Å². The van der Waals surface area contributed by atoms with Crippen molar-refractivity contribution in [2.24, 2.45) is 0 Å². The second kappa shape index (κ2) is 8.01. The highest BCUT2D eigenvalue weighted by Gasteiger charge is 2.16. The zero-order valence-electron chi connectivity index (χ0n) is 12.1. The number of hydrogen-bond acceptors (Lipinski definition) is 5. The van der Waals surface area contributed by atoms with Gasteiger partial charge < -0.3 is 15.4 Å². The lowest BCUT2D eigenvalue weighted by atomic mass is 10.1. The van der Waals surface area contributed by atoms with Gasteiger partial charge in [-0.25, -0.2) is 0 Å². The lowest BCUT2D eigenvalue weighted by molar-refractivity contribution is -0.384. The van der Waals surface area contributed by atoms with Crippen molar-refractivity contribution < 1.29 is 14.5 Å². The molecule has 0 aromatic heterocycles. The number of ether oxygens (including phenoxy) is 1. The van der Waals surface area contributed by atoms with Crippen molar-refractivity contribution in [2.45, 2.75) is 6.92 Å². The molecule has 0 radical (unpaired) electrons. The molecule has 1 aromatic rings. The summed E-state index contributed by atoms with van der Waals surface area (Å²) in [7, 11) is 1.47. The molecular weight excluding hydrogens is 274 g/mol. The summed E-state index contributed by atoms with van der Waals surface area (Å²) in [6.45, 7) is 6.85. The number of carbonyl (C=O) groups is 1. The summed E-state index contributed by atoms with van der Waals surface area (Å²) in [4.78, 5) is 22.0. The molecule has 21 heavy (non-hydrogen) atoms. The Morgan fingerprint density at radius 2 is 2.19 bits per heavy atom. The van der Waals surface area contributed by atoms with E-state index in [-0.39, 0.29) is 17.2 Å². The van der Waals surface area contributed by atoms with Crippen LogP contribution < -0.4 is 10.6 Å². The van der Waals surface area contributed by atoms with Crippen LogP contribution in [0.2, 0.25) is 0 Å². The zero-order chi connectivity index (χ0) is 15.8. The summed E-state index contributed by atoms with van der Waals surface area (Å²) in [5.74, 6) is -0.366. The molecule has 0 unspecified atom stereocenters. The molecule has 0 fully saturated rings. The topological polar surface area (TPSA) is 93.5 Å². The second-order valence-corrected chi connectivity index (χ2v) is 4.50. The number of nitrogens with one attached hydrogen (secondary N) is 2. The number of nitro groups is 1. The SMILES string of the molecule is C=C(C)COCCNc1ccc(C(=O)NC)cc1[N+](=O)[O-]. The molecule has 7 heteroatoms. The van der Waals surface area contributed by atoms with E-state index >= 15 is 0 Å². The van der Waals surface area contributed by atoms with Crippen molar-refractivity contribution in [3.05, 3.63) is 46.0 Å². The molecule has 2 N–H and O–H groups in total. The van der Waals surface area contributed by atoms with Crippen LogP contribution in [0.3, 0.4) is 0 Å². The van der Waals surface area contributed by atoms with Gasteiger partial charge in [-0.2, -0.15) is 0 Å². The molecule has 0 aliphatic rings. The Bertz CT molecular complexity index is 543. The summed E-state index contributed by atoms with van der Waals surface area (Å²) < 4.78 is 5.30. The quantitative estimate of drug-likeness (QED) is 0.331. The Hall–Kier alpha value is -2.41. The standard InChI is InChI=1S/C14H19N3O4/c1-10(2)9-21-7-6-16-12-5-4-11(14(18)15-3)8-13(12)17(19)20/h4-5,8,16H,1,6-7,9H2,2-3H3,(H,15,18). The Balaban J connectivity index is 2.71. The Morgan fingerprint density at radius 3 is 2.76 bits per heavy atom. The van der Waals surface area contributed by atoms with Crippen molar-refractivity contribution >= 4 is 17.3 Å². The number of amides is 1. The number of anilines is 1. The molecule has 0 atom stereocenters. The zero-order valence-corrected chi connectivity index (χ0v) is 12.1. The van der Waals surface area contributed by atoms with Crippen molar-refractivity contribution in [2.75, 3.05) is 32.1 Å². The summed E-state index contributed by atoms with van der Waals surface area (Å²) in [5.41, 5.74) is 1.37. The number of nitrogens with zero attached hydrogens (tertiary/aromatic N) is 1. The summed E-state index contributed by atoms with van der Waals surface area (Å²) in [6, 6.07) is 4.29. The van der Waals surface area contributed by atoms with Crippen molar-refractivity contribution in [3.63, 3.8) is 0 Å². The Labute approximate surface area is 123 Å². The Kier molecular flexibility index (Phi) is 6.35. The van der Waals surface area contributed by atoms with Gasteiger partial charge in [-0.15, -0.1) is 0 Å². The maximum Gasteiger partial charge on any atom is 0.293 e. The van der Waals surface area contributed by atoms with Gasteiger partial charge in [-0.3, -0.25) is 14.9 Å². The van der Waals surface area contributed by atoms with Crippen LogP contribution in [0.1, 0.15) is 17.3 Å². The fourth-order valence-electron chi connectivity index (χ4n) is 1.62. The van der Waals surface area contributed by atoms with Crippen LogP contribution in [-0.4, -0.2) is 37.6 Å². The molecule has 0 spiro atoms. The highest BCUT2D eigenvalue weighted by Crippen LogP contribution is 2.25. The van der Waals surface area contributed by atoms with Crippen LogP contribution in [-0.2, 0) is 4.74 Å². The first kappa shape index (κ1) is 16.6. The van der Waals surface area contributed by atoms with Crippen molar-refractivity contribution in [3.8, 4) is 0 Å².